The van der Waals surface area contributed by atoms with Crippen molar-refractivity contribution in [2.24, 2.45) is 17.3 Å². The van der Waals surface area contributed by atoms with Crippen molar-refractivity contribution in [1.82, 2.24) is 0 Å². The molecule has 0 heterocycles. The number of aryl methyl sites for hydroxylation is 1. The van der Waals surface area contributed by atoms with E-state index in [0.717, 1.165) is 18.4 Å². The number of hydrogen-bond acceptors (Lipinski definition) is 5. The Morgan fingerprint density at radius 1 is 1.23 bits per heavy atom. The van der Waals surface area contributed by atoms with Gasteiger partial charge in [-0.1, -0.05) is 17.7 Å². The summed E-state index contributed by atoms with van der Waals surface area (Å²) in [5.41, 5.74) is 1.00. The predicted octanol–water partition coefficient (Wildman–Crippen LogP) is 2.35. The number of ether oxygens (including phenoxy) is 2. The molecule has 0 spiro atoms. The minimum Gasteiger partial charge on any atom is -0.359 e. The summed E-state index contributed by atoms with van der Waals surface area (Å²) >= 11 is 0. The third-order valence-electron chi connectivity index (χ3n) is 5.00. The lowest BCUT2D eigenvalue weighted by Crippen LogP contribution is -2.65. The standard InChI is InChI=1S/C16H22O5S/c1-12-3-5-14(6-4-12)22(17,18)21-10-16-7-13(8-16)15(16)9-20-11-19-2/h3-6,13,15H,7-11H2,1-2H3. The molecule has 0 aromatic heterocycles. The Hall–Kier alpha value is -0.950. The van der Waals surface area contributed by atoms with Crippen molar-refractivity contribution in [2.45, 2.75) is 24.7 Å². The van der Waals surface area contributed by atoms with Crippen molar-refractivity contribution >= 4 is 10.1 Å². The van der Waals surface area contributed by atoms with Crippen molar-refractivity contribution in [1.29, 1.82) is 0 Å². The van der Waals surface area contributed by atoms with Crippen LogP contribution < -0.4 is 0 Å². The minimum atomic E-state index is -3.68. The first kappa shape index (κ1) is 15.9. The Kier molecular flexibility index (Phi) is 4.29. The predicted molar refractivity (Wildman–Crippen MR) is 80.8 cm³/mol. The second-order valence-electron chi connectivity index (χ2n) is 6.44. The molecule has 1 aromatic carbocycles. The maximum absolute atomic E-state index is 12.2. The van der Waals surface area contributed by atoms with E-state index in [4.69, 9.17) is 13.7 Å². The van der Waals surface area contributed by atoms with Crippen molar-refractivity contribution in [3.05, 3.63) is 29.8 Å². The van der Waals surface area contributed by atoms with E-state index in [1.165, 1.54) is 0 Å². The van der Waals surface area contributed by atoms with Crippen LogP contribution in [0.1, 0.15) is 18.4 Å². The molecule has 3 aliphatic carbocycles. The van der Waals surface area contributed by atoms with Crippen LogP contribution in [0.5, 0.6) is 0 Å². The van der Waals surface area contributed by atoms with Gasteiger partial charge >= 0.3 is 0 Å². The summed E-state index contributed by atoms with van der Waals surface area (Å²) in [4.78, 5) is 0.219. The topological polar surface area (TPSA) is 61.8 Å². The molecular weight excluding hydrogens is 304 g/mol. The summed E-state index contributed by atoms with van der Waals surface area (Å²) in [5.74, 6) is 1.05. The summed E-state index contributed by atoms with van der Waals surface area (Å²) < 4.78 is 40.1. The van der Waals surface area contributed by atoms with Gasteiger partial charge in [-0.05, 0) is 43.7 Å². The Morgan fingerprint density at radius 3 is 2.45 bits per heavy atom. The second-order valence-corrected chi connectivity index (χ2v) is 8.06. The van der Waals surface area contributed by atoms with Gasteiger partial charge in [-0.15, -0.1) is 0 Å². The number of methoxy groups -OCH3 is 1. The quantitative estimate of drug-likeness (QED) is 0.417. The maximum Gasteiger partial charge on any atom is 0.296 e. The van der Waals surface area contributed by atoms with Gasteiger partial charge in [0.2, 0.25) is 0 Å². The highest BCUT2D eigenvalue weighted by Crippen LogP contribution is 2.68. The molecular formula is C16H22O5S. The first-order chi connectivity index (χ1) is 10.5. The van der Waals surface area contributed by atoms with Crippen molar-refractivity contribution in [3.63, 3.8) is 0 Å². The lowest BCUT2D eigenvalue weighted by Gasteiger charge is -2.68. The molecule has 6 heteroatoms. The molecule has 22 heavy (non-hydrogen) atoms. The van der Waals surface area contributed by atoms with Gasteiger partial charge < -0.3 is 9.47 Å². The molecule has 0 saturated heterocycles. The normalized spacial score (nSPS) is 29.7. The maximum atomic E-state index is 12.2. The summed E-state index contributed by atoms with van der Waals surface area (Å²) in [7, 11) is -2.08. The minimum absolute atomic E-state index is 0.0177. The van der Waals surface area contributed by atoms with Crippen LogP contribution in [0.3, 0.4) is 0 Å². The lowest BCUT2D eigenvalue weighted by molar-refractivity contribution is -0.235. The van der Waals surface area contributed by atoms with Gasteiger partial charge in [0.1, 0.15) is 6.79 Å². The Bertz CT molecular complexity index is 616. The third-order valence-corrected chi connectivity index (χ3v) is 6.28. The number of rotatable bonds is 8. The van der Waals surface area contributed by atoms with Gasteiger partial charge in [0.15, 0.2) is 0 Å². The highest BCUT2D eigenvalue weighted by Gasteiger charge is 2.65. The zero-order valence-corrected chi connectivity index (χ0v) is 13.8. The zero-order valence-electron chi connectivity index (χ0n) is 12.9. The van der Waals surface area contributed by atoms with Gasteiger partial charge in [-0.2, -0.15) is 8.42 Å². The molecule has 122 valence electrons. The van der Waals surface area contributed by atoms with Crippen LogP contribution in [0.15, 0.2) is 29.2 Å². The fourth-order valence-electron chi connectivity index (χ4n) is 3.51. The van der Waals surface area contributed by atoms with Crippen molar-refractivity contribution in [2.75, 3.05) is 27.1 Å². The van der Waals surface area contributed by atoms with E-state index in [2.05, 4.69) is 0 Å². The first-order valence-electron chi connectivity index (χ1n) is 7.50. The second kappa shape index (κ2) is 5.92. The number of hydrogen-bond donors (Lipinski definition) is 0. The lowest BCUT2D eigenvalue weighted by atomic mass is 9.38. The Morgan fingerprint density at radius 2 is 1.91 bits per heavy atom. The van der Waals surface area contributed by atoms with Crippen LogP contribution in [0.2, 0.25) is 0 Å². The van der Waals surface area contributed by atoms with Crippen LogP contribution in [-0.4, -0.2) is 35.5 Å². The molecule has 1 atom stereocenters. The van der Waals surface area contributed by atoms with Crippen LogP contribution in [0, 0.1) is 24.2 Å². The smallest absolute Gasteiger partial charge is 0.296 e. The molecule has 2 bridgehead atoms. The Balaban J connectivity index is 1.57. The molecule has 5 nitrogen and oxygen atoms in total. The molecule has 1 unspecified atom stereocenters. The van der Waals surface area contributed by atoms with Gasteiger partial charge in [-0.3, -0.25) is 4.18 Å². The average Bonchev–Trinajstić information content (AvgIpc) is 2.42. The molecule has 4 rings (SSSR count). The molecule has 0 radical (unpaired) electrons. The largest absolute Gasteiger partial charge is 0.359 e. The van der Waals surface area contributed by atoms with E-state index < -0.39 is 10.1 Å². The van der Waals surface area contributed by atoms with E-state index in [-0.39, 0.29) is 23.7 Å². The van der Waals surface area contributed by atoms with Crippen molar-refractivity contribution < 1.29 is 22.1 Å². The number of benzene rings is 1. The Labute approximate surface area is 131 Å². The first-order valence-corrected chi connectivity index (χ1v) is 8.90. The zero-order chi connectivity index (χ0) is 15.8. The van der Waals surface area contributed by atoms with Gasteiger partial charge in [0.25, 0.3) is 10.1 Å². The molecule has 1 aromatic rings. The fraction of sp³-hybridized carbons (Fsp3) is 0.625. The molecule has 3 saturated carbocycles. The summed E-state index contributed by atoms with van der Waals surface area (Å²) in [6, 6.07) is 6.73. The highest BCUT2D eigenvalue weighted by atomic mass is 32.2. The molecule has 0 aliphatic heterocycles. The molecule has 3 aliphatic rings. The SMILES string of the molecule is COCOCC1C2CC1(COS(=O)(=O)c1ccc(C)cc1)C2. The summed E-state index contributed by atoms with van der Waals surface area (Å²) in [5, 5.41) is 0. The molecule has 3 fully saturated rings. The molecule has 0 N–H and O–H groups in total. The van der Waals surface area contributed by atoms with E-state index in [1.54, 1.807) is 31.4 Å². The fourth-order valence-corrected chi connectivity index (χ4v) is 4.51. The van der Waals surface area contributed by atoms with Crippen LogP contribution in [0.4, 0.5) is 0 Å². The average molecular weight is 326 g/mol. The van der Waals surface area contributed by atoms with Crippen LogP contribution in [0.25, 0.3) is 0 Å². The van der Waals surface area contributed by atoms with Crippen LogP contribution in [-0.2, 0) is 23.8 Å². The highest BCUT2D eigenvalue weighted by molar-refractivity contribution is 7.86. The van der Waals surface area contributed by atoms with Gasteiger partial charge in [0.05, 0.1) is 18.1 Å². The summed E-state index contributed by atoms with van der Waals surface area (Å²) in [6.07, 6.45) is 2.08. The van der Waals surface area contributed by atoms with E-state index in [0.29, 0.717) is 18.4 Å². The van der Waals surface area contributed by atoms with Crippen molar-refractivity contribution in [3.8, 4) is 0 Å². The van der Waals surface area contributed by atoms with Gasteiger partial charge in [0, 0.05) is 12.5 Å². The third kappa shape index (κ3) is 2.80. The summed E-state index contributed by atoms with van der Waals surface area (Å²) in [6.45, 7) is 3.07. The van der Waals surface area contributed by atoms with E-state index >= 15 is 0 Å². The molecule has 0 amide bonds. The van der Waals surface area contributed by atoms with Crippen LogP contribution >= 0.6 is 0 Å². The van der Waals surface area contributed by atoms with E-state index in [1.807, 2.05) is 6.92 Å². The monoisotopic (exact) mass is 326 g/mol. The van der Waals surface area contributed by atoms with Gasteiger partial charge in [-0.25, -0.2) is 0 Å². The van der Waals surface area contributed by atoms with E-state index in [9.17, 15) is 8.42 Å².